The van der Waals surface area contributed by atoms with Crippen LogP contribution in [0.5, 0.6) is 5.75 Å². The highest BCUT2D eigenvalue weighted by Crippen LogP contribution is 2.27. The molecule has 0 bridgehead atoms. The standard InChI is InChI=1S/C13H18ClNO3/c1-8(15)6-10-4-5-12(11(14)7-10)18-9(2)13(16)17-3/h4-5,7-9H,6,15H2,1-3H3. The van der Waals surface area contributed by atoms with Gasteiger partial charge in [-0.15, -0.1) is 0 Å². The fourth-order valence-corrected chi connectivity index (χ4v) is 1.79. The molecule has 0 radical (unpaired) electrons. The summed E-state index contributed by atoms with van der Waals surface area (Å²) in [5.74, 6) is 0.0220. The molecule has 2 atom stereocenters. The fraction of sp³-hybridized carbons (Fsp3) is 0.462. The first-order valence-electron chi connectivity index (χ1n) is 5.72. The van der Waals surface area contributed by atoms with Gasteiger partial charge < -0.3 is 15.2 Å². The summed E-state index contributed by atoms with van der Waals surface area (Å²) in [4.78, 5) is 11.2. The van der Waals surface area contributed by atoms with Crippen LogP contribution in [-0.4, -0.2) is 25.2 Å². The number of benzene rings is 1. The Balaban J connectivity index is 2.76. The van der Waals surface area contributed by atoms with E-state index in [1.165, 1.54) is 7.11 Å². The molecule has 0 heterocycles. The number of ether oxygens (including phenoxy) is 2. The Labute approximate surface area is 112 Å². The smallest absolute Gasteiger partial charge is 0.346 e. The predicted octanol–water partition coefficient (Wildman–Crippen LogP) is 2.17. The molecule has 2 N–H and O–H groups in total. The van der Waals surface area contributed by atoms with Crippen molar-refractivity contribution < 1.29 is 14.3 Å². The molecular formula is C13H18ClNO3. The molecule has 0 aliphatic heterocycles. The van der Waals surface area contributed by atoms with Gasteiger partial charge in [0.15, 0.2) is 6.10 Å². The van der Waals surface area contributed by atoms with Gasteiger partial charge in [-0.2, -0.15) is 0 Å². The van der Waals surface area contributed by atoms with Gasteiger partial charge in [0.2, 0.25) is 0 Å². The molecule has 0 aliphatic rings. The normalized spacial score (nSPS) is 13.8. The van der Waals surface area contributed by atoms with E-state index in [0.717, 1.165) is 12.0 Å². The Kier molecular flexibility index (Phi) is 5.44. The number of hydrogen-bond donors (Lipinski definition) is 1. The van der Waals surface area contributed by atoms with Gasteiger partial charge in [0, 0.05) is 6.04 Å². The minimum atomic E-state index is -0.688. The van der Waals surface area contributed by atoms with Crippen LogP contribution in [0.15, 0.2) is 18.2 Å². The summed E-state index contributed by atoms with van der Waals surface area (Å²) in [6.07, 6.45) is 0.0544. The molecule has 5 heteroatoms. The van der Waals surface area contributed by atoms with Gasteiger partial charge in [0.1, 0.15) is 5.75 Å². The summed E-state index contributed by atoms with van der Waals surface area (Å²) in [5, 5.41) is 0.462. The number of hydrogen-bond acceptors (Lipinski definition) is 4. The largest absolute Gasteiger partial charge is 0.477 e. The molecule has 0 fully saturated rings. The number of nitrogens with two attached hydrogens (primary N) is 1. The summed E-state index contributed by atoms with van der Waals surface area (Å²) >= 11 is 6.09. The number of methoxy groups -OCH3 is 1. The highest BCUT2D eigenvalue weighted by atomic mass is 35.5. The van der Waals surface area contributed by atoms with Gasteiger partial charge in [0.25, 0.3) is 0 Å². The van der Waals surface area contributed by atoms with Crippen LogP contribution in [0.4, 0.5) is 0 Å². The number of rotatable bonds is 5. The van der Waals surface area contributed by atoms with Gasteiger partial charge in [-0.3, -0.25) is 0 Å². The van der Waals surface area contributed by atoms with Crippen LogP contribution in [0, 0.1) is 0 Å². The second kappa shape index (κ2) is 6.61. The maximum Gasteiger partial charge on any atom is 0.346 e. The van der Waals surface area contributed by atoms with Crippen molar-refractivity contribution in [1.82, 2.24) is 0 Å². The average Bonchev–Trinajstić information content (AvgIpc) is 2.30. The van der Waals surface area contributed by atoms with Crippen LogP contribution >= 0.6 is 11.6 Å². The van der Waals surface area contributed by atoms with Crippen molar-refractivity contribution in [1.29, 1.82) is 0 Å². The Bertz CT molecular complexity index is 421. The summed E-state index contributed by atoms with van der Waals surface area (Å²) < 4.78 is 10.00. The Hall–Kier alpha value is -1.26. The minimum Gasteiger partial charge on any atom is -0.477 e. The molecule has 1 aromatic carbocycles. The molecule has 0 spiro atoms. The lowest BCUT2D eigenvalue weighted by atomic mass is 10.1. The molecule has 100 valence electrons. The van der Waals surface area contributed by atoms with Gasteiger partial charge >= 0.3 is 5.97 Å². The van der Waals surface area contributed by atoms with Crippen LogP contribution in [0.25, 0.3) is 0 Å². The molecule has 4 nitrogen and oxygen atoms in total. The SMILES string of the molecule is COC(=O)C(C)Oc1ccc(CC(C)N)cc1Cl. The zero-order chi connectivity index (χ0) is 13.7. The van der Waals surface area contributed by atoms with E-state index in [9.17, 15) is 4.79 Å². The van der Waals surface area contributed by atoms with Crippen molar-refractivity contribution in [3.05, 3.63) is 28.8 Å². The Morgan fingerprint density at radius 1 is 1.44 bits per heavy atom. The Morgan fingerprint density at radius 3 is 2.61 bits per heavy atom. The van der Waals surface area contributed by atoms with E-state index in [1.807, 2.05) is 13.0 Å². The average molecular weight is 272 g/mol. The number of carbonyl (C=O) groups excluding carboxylic acids is 1. The first kappa shape index (κ1) is 14.8. The van der Waals surface area contributed by atoms with E-state index in [1.54, 1.807) is 19.1 Å². The van der Waals surface area contributed by atoms with Crippen LogP contribution in [0.3, 0.4) is 0 Å². The topological polar surface area (TPSA) is 61.5 Å². The first-order valence-corrected chi connectivity index (χ1v) is 6.10. The van der Waals surface area contributed by atoms with Crippen LogP contribution < -0.4 is 10.5 Å². The van der Waals surface area contributed by atoms with Crippen molar-refractivity contribution in [2.75, 3.05) is 7.11 Å². The molecule has 1 aromatic rings. The molecular weight excluding hydrogens is 254 g/mol. The van der Waals surface area contributed by atoms with Gasteiger partial charge in [0.05, 0.1) is 12.1 Å². The molecule has 0 saturated heterocycles. The highest BCUT2D eigenvalue weighted by molar-refractivity contribution is 6.32. The Morgan fingerprint density at radius 2 is 2.11 bits per heavy atom. The van der Waals surface area contributed by atoms with Gasteiger partial charge in [-0.25, -0.2) is 4.79 Å². The monoisotopic (exact) mass is 271 g/mol. The number of halogens is 1. The lowest BCUT2D eigenvalue weighted by Crippen LogP contribution is -2.25. The zero-order valence-corrected chi connectivity index (χ0v) is 11.5. The van der Waals surface area contributed by atoms with E-state index in [-0.39, 0.29) is 6.04 Å². The summed E-state index contributed by atoms with van der Waals surface area (Å²) in [7, 11) is 1.32. The van der Waals surface area contributed by atoms with Gasteiger partial charge in [-0.1, -0.05) is 17.7 Å². The summed E-state index contributed by atoms with van der Waals surface area (Å²) in [6, 6.07) is 5.49. The third kappa shape index (κ3) is 4.20. The molecule has 0 aromatic heterocycles. The van der Waals surface area contributed by atoms with Crippen molar-refractivity contribution in [2.24, 2.45) is 5.73 Å². The fourth-order valence-electron chi connectivity index (χ4n) is 1.54. The lowest BCUT2D eigenvalue weighted by molar-refractivity contribution is -0.147. The first-order chi connectivity index (χ1) is 8.43. The molecule has 0 aliphatic carbocycles. The third-order valence-corrected chi connectivity index (χ3v) is 2.69. The van der Waals surface area contributed by atoms with E-state index in [4.69, 9.17) is 22.1 Å². The van der Waals surface area contributed by atoms with E-state index < -0.39 is 12.1 Å². The quantitative estimate of drug-likeness (QED) is 0.834. The van der Waals surface area contributed by atoms with Crippen molar-refractivity contribution in [2.45, 2.75) is 32.4 Å². The predicted molar refractivity (Wildman–Crippen MR) is 70.9 cm³/mol. The van der Waals surface area contributed by atoms with Crippen molar-refractivity contribution in [3.63, 3.8) is 0 Å². The lowest BCUT2D eigenvalue weighted by Gasteiger charge is -2.14. The molecule has 18 heavy (non-hydrogen) atoms. The molecule has 2 unspecified atom stereocenters. The van der Waals surface area contributed by atoms with Crippen LogP contribution in [0.1, 0.15) is 19.4 Å². The second-order valence-electron chi connectivity index (χ2n) is 4.23. The minimum absolute atomic E-state index is 0.0711. The van der Waals surface area contributed by atoms with E-state index >= 15 is 0 Å². The molecule has 0 saturated carbocycles. The van der Waals surface area contributed by atoms with Crippen LogP contribution in [0.2, 0.25) is 5.02 Å². The maximum atomic E-state index is 11.2. The number of esters is 1. The van der Waals surface area contributed by atoms with E-state index in [2.05, 4.69) is 4.74 Å². The second-order valence-corrected chi connectivity index (χ2v) is 4.64. The maximum absolute atomic E-state index is 11.2. The van der Waals surface area contributed by atoms with Crippen molar-refractivity contribution >= 4 is 17.6 Å². The van der Waals surface area contributed by atoms with Gasteiger partial charge in [-0.05, 0) is 38.0 Å². The summed E-state index contributed by atoms with van der Waals surface area (Å²) in [6.45, 7) is 3.54. The highest BCUT2D eigenvalue weighted by Gasteiger charge is 2.16. The third-order valence-electron chi connectivity index (χ3n) is 2.39. The van der Waals surface area contributed by atoms with Crippen molar-refractivity contribution in [3.8, 4) is 5.75 Å². The summed E-state index contributed by atoms with van der Waals surface area (Å²) in [5.41, 5.74) is 6.75. The molecule has 0 amide bonds. The van der Waals surface area contributed by atoms with E-state index in [0.29, 0.717) is 10.8 Å². The number of carbonyl (C=O) groups is 1. The van der Waals surface area contributed by atoms with Crippen LogP contribution in [-0.2, 0) is 16.0 Å². The zero-order valence-electron chi connectivity index (χ0n) is 10.8. The molecule has 1 rings (SSSR count).